The van der Waals surface area contributed by atoms with Crippen LogP contribution in [0.3, 0.4) is 0 Å². The second-order valence-corrected chi connectivity index (χ2v) is 10.3. The van der Waals surface area contributed by atoms with Crippen molar-refractivity contribution >= 4 is 34.0 Å². The number of hydrogen-bond donors (Lipinski definition) is 1. The van der Waals surface area contributed by atoms with Gasteiger partial charge in [-0.1, -0.05) is 56.2 Å². The molecule has 1 N–H and O–H groups in total. The molecule has 0 saturated heterocycles. The molecular formula is C22H31N7S2. The second-order valence-electron chi connectivity index (χ2n) is 7.89. The summed E-state index contributed by atoms with van der Waals surface area (Å²) in [5.74, 6) is 0.680. The standard InChI is InChI=1S/C22H31N7S2/c1-6-7-8-9-16(3)30-22-26-15(2)10-18(27-22)19-12-25-21(31-19)28-20-13-23-17(11-24-20)14-29(4)5/h10-13,16H,6-9,14H2,1-5H3,(H,24,25,28). The third-order valence-electron chi connectivity index (χ3n) is 4.53. The van der Waals surface area contributed by atoms with E-state index in [9.17, 15) is 0 Å². The van der Waals surface area contributed by atoms with Gasteiger partial charge in [-0.2, -0.15) is 0 Å². The number of nitrogens with zero attached hydrogens (tertiary/aromatic N) is 6. The summed E-state index contributed by atoms with van der Waals surface area (Å²) in [6.45, 7) is 7.27. The maximum Gasteiger partial charge on any atom is 0.188 e. The van der Waals surface area contributed by atoms with E-state index in [0.29, 0.717) is 11.1 Å². The first-order valence-corrected chi connectivity index (χ1v) is 12.3. The number of rotatable bonds is 11. The minimum atomic E-state index is 0.508. The van der Waals surface area contributed by atoms with Crippen molar-refractivity contribution in [1.29, 1.82) is 0 Å². The Balaban J connectivity index is 1.66. The zero-order valence-corrected chi connectivity index (χ0v) is 20.6. The lowest BCUT2D eigenvalue weighted by Crippen LogP contribution is -2.12. The number of unbranched alkanes of at least 4 members (excludes halogenated alkanes) is 2. The van der Waals surface area contributed by atoms with Gasteiger partial charge in [0.2, 0.25) is 0 Å². The fraction of sp³-hybridized carbons (Fsp3) is 0.500. The Hall–Kier alpha value is -2.10. The van der Waals surface area contributed by atoms with Crippen LogP contribution in [0.15, 0.2) is 29.8 Å². The predicted molar refractivity (Wildman–Crippen MR) is 130 cm³/mol. The van der Waals surface area contributed by atoms with E-state index >= 15 is 0 Å². The van der Waals surface area contributed by atoms with Crippen molar-refractivity contribution in [3.05, 3.63) is 36.0 Å². The fourth-order valence-electron chi connectivity index (χ4n) is 3.03. The molecule has 31 heavy (non-hydrogen) atoms. The Kier molecular flexibility index (Phi) is 8.74. The van der Waals surface area contributed by atoms with Gasteiger partial charge >= 0.3 is 0 Å². The second kappa shape index (κ2) is 11.5. The van der Waals surface area contributed by atoms with Crippen molar-refractivity contribution in [1.82, 2.24) is 29.8 Å². The third-order valence-corrected chi connectivity index (χ3v) is 6.50. The molecule has 3 heterocycles. The minimum absolute atomic E-state index is 0.508. The van der Waals surface area contributed by atoms with Crippen molar-refractivity contribution in [3.63, 3.8) is 0 Å². The summed E-state index contributed by atoms with van der Waals surface area (Å²) in [6, 6.07) is 2.01. The van der Waals surface area contributed by atoms with Crippen LogP contribution in [-0.4, -0.2) is 49.2 Å². The molecule has 0 aliphatic heterocycles. The molecule has 1 unspecified atom stereocenters. The fourth-order valence-corrected chi connectivity index (χ4v) is 4.80. The Morgan fingerprint density at radius 1 is 1.10 bits per heavy atom. The highest BCUT2D eigenvalue weighted by molar-refractivity contribution is 7.99. The van der Waals surface area contributed by atoms with Crippen LogP contribution in [0.25, 0.3) is 10.6 Å². The van der Waals surface area contributed by atoms with Crippen LogP contribution in [0.1, 0.15) is 50.9 Å². The number of thiazole rings is 1. The minimum Gasteiger partial charge on any atom is -0.315 e. The molecule has 0 aromatic carbocycles. The smallest absolute Gasteiger partial charge is 0.188 e. The monoisotopic (exact) mass is 457 g/mol. The van der Waals surface area contributed by atoms with Gasteiger partial charge in [0, 0.05) is 23.7 Å². The quantitative estimate of drug-likeness (QED) is 0.228. The lowest BCUT2D eigenvalue weighted by Gasteiger charge is -2.10. The average molecular weight is 458 g/mol. The lowest BCUT2D eigenvalue weighted by atomic mass is 10.2. The van der Waals surface area contributed by atoms with E-state index in [1.165, 1.54) is 25.7 Å². The molecule has 0 amide bonds. The van der Waals surface area contributed by atoms with Gasteiger partial charge in [0.1, 0.15) is 0 Å². The summed E-state index contributed by atoms with van der Waals surface area (Å²) in [4.78, 5) is 25.9. The summed E-state index contributed by atoms with van der Waals surface area (Å²) < 4.78 is 0. The highest BCUT2D eigenvalue weighted by Crippen LogP contribution is 2.31. The van der Waals surface area contributed by atoms with Crippen LogP contribution in [0.2, 0.25) is 0 Å². The van der Waals surface area contributed by atoms with E-state index in [1.54, 1.807) is 35.5 Å². The summed E-state index contributed by atoms with van der Waals surface area (Å²) in [6.07, 6.45) is 10.3. The molecule has 3 rings (SSSR count). The van der Waals surface area contributed by atoms with Crippen LogP contribution >= 0.6 is 23.1 Å². The van der Waals surface area contributed by atoms with Crippen molar-refractivity contribution in [2.24, 2.45) is 0 Å². The van der Waals surface area contributed by atoms with Gasteiger partial charge < -0.3 is 10.2 Å². The number of aryl methyl sites for hydroxylation is 1. The van der Waals surface area contributed by atoms with Gasteiger partial charge in [-0.05, 0) is 33.5 Å². The van der Waals surface area contributed by atoms with E-state index in [-0.39, 0.29) is 0 Å². The van der Waals surface area contributed by atoms with Crippen molar-refractivity contribution in [2.75, 3.05) is 19.4 Å². The van der Waals surface area contributed by atoms with E-state index < -0.39 is 0 Å². The summed E-state index contributed by atoms with van der Waals surface area (Å²) in [5, 5.41) is 5.35. The van der Waals surface area contributed by atoms with Crippen molar-refractivity contribution < 1.29 is 0 Å². The van der Waals surface area contributed by atoms with Crippen molar-refractivity contribution in [2.45, 2.75) is 63.4 Å². The van der Waals surface area contributed by atoms with E-state index in [2.05, 4.69) is 44.0 Å². The number of hydrogen-bond acceptors (Lipinski definition) is 9. The van der Waals surface area contributed by atoms with Crippen LogP contribution in [0.5, 0.6) is 0 Å². The molecule has 0 fully saturated rings. The number of anilines is 2. The average Bonchev–Trinajstić information content (AvgIpc) is 3.17. The van der Waals surface area contributed by atoms with Crippen LogP contribution in [-0.2, 0) is 6.54 Å². The highest BCUT2D eigenvalue weighted by Gasteiger charge is 2.12. The van der Waals surface area contributed by atoms with Gasteiger partial charge in [0.15, 0.2) is 16.1 Å². The lowest BCUT2D eigenvalue weighted by molar-refractivity contribution is 0.396. The molecule has 0 aliphatic carbocycles. The van der Waals surface area contributed by atoms with Gasteiger partial charge in [0.05, 0.1) is 28.7 Å². The summed E-state index contributed by atoms with van der Waals surface area (Å²) in [5.41, 5.74) is 2.81. The molecule has 1 atom stereocenters. The van der Waals surface area contributed by atoms with Gasteiger partial charge in [-0.25, -0.2) is 19.9 Å². The summed E-state index contributed by atoms with van der Waals surface area (Å²) >= 11 is 3.31. The van der Waals surface area contributed by atoms with E-state index in [1.807, 2.05) is 33.3 Å². The van der Waals surface area contributed by atoms with Crippen LogP contribution in [0, 0.1) is 6.92 Å². The molecule has 3 aromatic rings. The van der Waals surface area contributed by atoms with Gasteiger partial charge in [-0.15, -0.1) is 0 Å². The molecule has 0 radical (unpaired) electrons. The first-order chi connectivity index (χ1) is 14.9. The molecular weight excluding hydrogens is 426 g/mol. The molecule has 0 spiro atoms. The number of thioether (sulfide) groups is 1. The molecule has 0 aliphatic rings. The van der Waals surface area contributed by atoms with E-state index in [0.717, 1.165) is 38.8 Å². The highest BCUT2D eigenvalue weighted by atomic mass is 32.2. The Morgan fingerprint density at radius 3 is 2.65 bits per heavy atom. The first kappa shape index (κ1) is 23.6. The van der Waals surface area contributed by atoms with Crippen molar-refractivity contribution in [3.8, 4) is 10.6 Å². The number of nitrogens with one attached hydrogen (secondary N) is 1. The zero-order chi connectivity index (χ0) is 22.2. The molecule has 3 aromatic heterocycles. The SMILES string of the molecule is CCCCCC(C)Sc1nc(C)cc(-c2cnc(Nc3cnc(CN(C)C)cn3)s2)n1. The maximum absolute atomic E-state index is 4.79. The van der Waals surface area contributed by atoms with Gasteiger partial charge in [0.25, 0.3) is 0 Å². The molecule has 7 nitrogen and oxygen atoms in total. The topological polar surface area (TPSA) is 79.7 Å². The summed E-state index contributed by atoms with van der Waals surface area (Å²) in [7, 11) is 4.02. The molecule has 9 heteroatoms. The Morgan fingerprint density at radius 2 is 1.94 bits per heavy atom. The predicted octanol–water partition coefficient (Wildman–Crippen LogP) is 5.56. The normalized spacial score (nSPS) is 12.3. The maximum atomic E-state index is 4.79. The third kappa shape index (κ3) is 7.52. The van der Waals surface area contributed by atoms with E-state index in [4.69, 9.17) is 4.98 Å². The first-order valence-electron chi connectivity index (χ1n) is 10.6. The Bertz CT molecular complexity index is 957. The van der Waals surface area contributed by atoms with Crippen LogP contribution < -0.4 is 5.32 Å². The number of aromatic nitrogens is 5. The largest absolute Gasteiger partial charge is 0.315 e. The van der Waals surface area contributed by atoms with Gasteiger partial charge in [-0.3, -0.25) is 4.98 Å². The molecule has 0 saturated carbocycles. The molecule has 0 bridgehead atoms. The molecule has 166 valence electrons. The van der Waals surface area contributed by atoms with Crippen LogP contribution in [0.4, 0.5) is 10.9 Å². The zero-order valence-electron chi connectivity index (χ0n) is 18.9. The Labute approximate surface area is 193 Å².